The van der Waals surface area contributed by atoms with Gasteiger partial charge in [0.1, 0.15) is 6.54 Å². The fourth-order valence-electron chi connectivity index (χ4n) is 2.21. The van der Waals surface area contributed by atoms with Gasteiger partial charge in [0.05, 0.1) is 6.33 Å². The Labute approximate surface area is 130 Å². The molecule has 0 saturated carbocycles. The van der Waals surface area contributed by atoms with Crippen LogP contribution < -0.4 is 10.9 Å². The Morgan fingerprint density at radius 2 is 2.05 bits per heavy atom. The van der Waals surface area contributed by atoms with E-state index in [0.717, 1.165) is 12.8 Å². The molecule has 1 aromatic carbocycles. The zero-order chi connectivity index (χ0) is 15.9. The van der Waals surface area contributed by atoms with Crippen molar-refractivity contribution < 1.29 is 4.79 Å². The minimum atomic E-state index is -0.209. The van der Waals surface area contributed by atoms with Crippen molar-refractivity contribution in [2.75, 3.05) is 0 Å². The predicted octanol–water partition coefficient (Wildman–Crippen LogP) is 1.69. The molecule has 2 rings (SSSR count). The van der Waals surface area contributed by atoms with E-state index in [0.29, 0.717) is 5.69 Å². The minimum absolute atomic E-state index is 0.00178. The lowest BCUT2D eigenvalue weighted by Crippen LogP contribution is -2.37. The number of carbonyl (C=O) groups excluding carboxylic acids is 1. The Hall–Kier alpha value is -2.43. The standard InChI is InChI=1S/C17H21N3O2/c1-13(8-9-15-6-4-3-5-7-15)19-16(21)11-20-12-18-14(2)10-17(20)22/h3-7,10,12-13H,8-9,11H2,1-2H3,(H,19,21). The molecule has 0 aliphatic carbocycles. The Morgan fingerprint density at radius 3 is 2.73 bits per heavy atom. The number of aryl methyl sites for hydroxylation is 2. The molecular formula is C17H21N3O2. The van der Waals surface area contributed by atoms with E-state index in [1.807, 2.05) is 25.1 Å². The van der Waals surface area contributed by atoms with Crippen LogP contribution in [0.3, 0.4) is 0 Å². The molecule has 1 amide bonds. The van der Waals surface area contributed by atoms with Gasteiger partial charge in [-0.3, -0.25) is 14.2 Å². The van der Waals surface area contributed by atoms with Crippen LogP contribution in [0.15, 0.2) is 47.5 Å². The summed E-state index contributed by atoms with van der Waals surface area (Å²) < 4.78 is 1.31. The second-order valence-electron chi connectivity index (χ2n) is 5.49. The average Bonchev–Trinajstić information content (AvgIpc) is 2.49. The molecule has 116 valence electrons. The van der Waals surface area contributed by atoms with Crippen molar-refractivity contribution in [1.29, 1.82) is 0 Å². The predicted molar refractivity (Wildman–Crippen MR) is 85.6 cm³/mol. The number of benzene rings is 1. The number of amides is 1. The highest BCUT2D eigenvalue weighted by Gasteiger charge is 2.09. The molecule has 0 radical (unpaired) electrons. The smallest absolute Gasteiger partial charge is 0.253 e. The summed E-state index contributed by atoms with van der Waals surface area (Å²) in [5.74, 6) is -0.173. The molecule has 0 bridgehead atoms. The molecule has 1 N–H and O–H groups in total. The largest absolute Gasteiger partial charge is 0.352 e. The molecule has 1 heterocycles. The Bertz CT molecular complexity index is 680. The number of nitrogens with zero attached hydrogens (tertiary/aromatic N) is 2. The van der Waals surface area contributed by atoms with Crippen molar-refractivity contribution >= 4 is 5.91 Å². The van der Waals surface area contributed by atoms with E-state index in [2.05, 4.69) is 22.4 Å². The van der Waals surface area contributed by atoms with Crippen LogP contribution in [0.2, 0.25) is 0 Å². The van der Waals surface area contributed by atoms with Crippen LogP contribution in [0.1, 0.15) is 24.6 Å². The summed E-state index contributed by atoms with van der Waals surface area (Å²) in [6.07, 6.45) is 3.18. The highest BCUT2D eigenvalue weighted by Crippen LogP contribution is 2.04. The minimum Gasteiger partial charge on any atom is -0.352 e. The first-order chi connectivity index (χ1) is 10.5. The van der Waals surface area contributed by atoms with E-state index < -0.39 is 0 Å². The first-order valence-corrected chi connectivity index (χ1v) is 7.41. The van der Waals surface area contributed by atoms with Crippen LogP contribution in [-0.4, -0.2) is 21.5 Å². The Balaban J connectivity index is 1.82. The summed E-state index contributed by atoms with van der Waals surface area (Å²) in [6.45, 7) is 3.72. The quantitative estimate of drug-likeness (QED) is 0.883. The molecular weight excluding hydrogens is 278 g/mol. The third-order valence-electron chi connectivity index (χ3n) is 3.45. The van der Waals surface area contributed by atoms with Gasteiger partial charge < -0.3 is 5.32 Å². The molecule has 2 aromatic rings. The summed E-state index contributed by atoms with van der Waals surface area (Å²) in [7, 11) is 0. The van der Waals surface area contributed by atoms with E-state index in [4.69, 9.17) is 0 Å². The molecule has 0 aliphatic rings. The zero-order valence-electron chi connectivity index (χ0n) is 13.0. The molecule has 1 aromatic heterocycles. The molecule has 1 unspecified atom stereocenters. The first-order valence-electron chi connectivity index (χ1n) is 7.41. The highest BCUT2D eigenvalue weighted by molar-refractivity contribution is 5.75. The molecule has 0 fully saturated rings. The molecule has 1 atom stereocenters. The topological polar surface area (TPSA) is 64.0 Å². The van der Waals surface area contributed by atoms with Gasteiger partial charge in [0.15, 0.2) is 0 Å². The third kappa shape index (κ3) is 4.84. The van der Waals surface area contributed by atoms with Gasteiger partial charge in [0.2, 0.25) is 5.91 Å². The lowest BCUT2D eigenvalue weighted by atomic mass is 10.1. The Morgan fingerprint density at radius 1 is 1.32 bits per heavy atom. The van der Waals surface area contributed by atoms with Crippen LogP contribution >= 0.6 is 0 Å². The van der Waals surface area contributed by atoms with E-state index >= 15 is 0 Å². The van der Waals surface area contributed by atoms with Crippen molar-refractivity contribution in [3.05, 3.63) is 64.3 Å². The fraction of sp³-hybridized carbons (Fsp3) is 0.353. The van der Waals surface area contributed by atoms with Gasteiger partial charge in [-0.1, -0.05) is 30.3 Å². The third-order valence-corrected chi connectivity index (χ3v) is 3.45. The number of carbonyl (C=O) groups is 1. The van der Waals surface area contributed by atoms with Crippen molar-refractivity contribution in [3.8, 4) is 0 Å². The van der Waals surface area contributed by atoms with Crippen molar-refractivity contribution in [2.24, 2.45) is 0 Å². The van der Waals surface area contributed by atoms with Crippen LogP contribution in [0.25, 0.3) is 0 Å². The maximum absolute atomic E-state index is 12.0. The summed E-state index contributed by atoms with van der Waals surface area (Å²) >= 11 is 0. The van der Waals surface area contributed by atoms with Gasteiger partial charge >= 0.3 is 0 Å². The van der Waals surface area contributed by atoms with E-state index in [1.54, 1.807) is 6.92 Å². The monoisotopic (exact) mass is 299 g/mol. The van der Waals surface area contributed by atoms with Gasteiger partial charge in [-0.15, -0.1) is 0 Å². The first kappa shape index (κ1) is 15.9. The SMILES string of the molecule is Cc1cc(=O)n(CC(=O)NC(C)CCc2ccccc2)cn1. The normalized spacial score (nSPS) is 11.9. The fourth-order valence-corrected chi connectivity index (χ4v) is 2.21. The second kappa shape index (κ2) is 7.54. The summed E-state index contributed by atoms with van der Waals surface area (Å²) in [5.41, 5.74) is 1.69. The number of hydrogen-bond acceptors (Lipinski definition) is 3. The van der Waals surface area contributed by atoms with E-state index in [1.165, 1.54) is 22.5 Å². The highest BCUT2D eigenvalue weighted by atomic mass is 16.2. The van der Waals surface area contributed by atoms with Gasteiger partial charge in [0, 0.05) is 17.8 Å². The summed E-state index contributed by atoms with van der Waals surface area (Å²) in [4.78, 5) is 27.7. The lowest BCUT2D eigenvalue weighted by molar-refractivity contribution is -0.122. The van der Waals surface area contributed by atoms with E-state index in [-0.39, 0.29) is 24.1 Å². The lowest BCUT2D eigenvalue weighted by Gasteiger charge is -2.14. The van der Waals surface area contributed by atoms with Crippen LogP contribution in [0.5, 0.6) is 0 Å². The van der Waals surface area contributed by atoms with Crippen molar-refractivity contribution in [3.63, 3.8) is 0 Å². The van der Waals surface area contributed by atoms with Crippen LogP contribution in [-0.2, 0) is 17.8 Å². The van der Waals surface area contributed by atoms with Crippen molar-refractivity contribution in [2.45, 2.75) is 39.3 Å². The van der Waals surface area contributed by atoms with Gasteiger partial charge in [0.25, 0.3) is 5.56 Å². The molecule has 5 heteroatoms. The molecule has 22 heavy (non-hydrogen) atoms. The van der Waals surface area contributed by atoms with Crippen LogP contribution in [0.4, 0.5) is 0 Å². The van der Waals surface area contributed by atoms with Crippen molar-refractivity contribution in [1.82, 2.24) is 14.9 Å². The second-order valence-corrected chi connectivity index (χ2v) is 5.49. The zero-order valence-corrected chi connectivity index (χ0v) is 13.0. The maximum Gasteiger partial charge on any atom is 0.253 e. The summed E-state index contributed by atoms with van der Waals surface area (Å²) in [6, 6.07) is 11.6. The molecule has 5 nitrogen and oxygen atoms in total. The number of nitrogens with one attached hydrogen (secondary N) is 1. The number of rotatable bonds is 6. The molecule has 0 aliphatic heterocycles. The number of hydrogen-bond donors (Lipinski definition) is 1. The maximum atomic E-state index is 12.0. The molecule has 0 spiro atoms. The number of aromatic nitrogens is 2. The van der Waals surface area contributed by atoms with Crippen LogP contribution in [0, 0.1) is 6.92 Å². The average molecular weight is 299 g/mol. The van der Waals surface area contributed by atoms with Gasteiger partial charge in [-0.2, -0.15) is 0 Å². The van der Waals surface area contributed by atoms with Gasteiger partial charge in [-0.25, -0.2) is 4.98 Å². The summed E-state index contributed by atoms with van der Waals surface area (Å²) in [5, 5.41) is 2.91. The molecule has 0 saturated heterocycles. The van der Waals surface area contributed by atoms with E-state index in [9.17, 15) is 9.59 Å². The Kier molecular flexibility index (Phi) is 5.47. The van der Waals surface area contributed by atoms with Gasteiger partial charge in [-0.05, 0) is 32.3 Å².